The van der Waals surface area contributed by atoms with Gasteiger partial charge in [0, 0.05) is 22.2 Å². The number of anilines is 2. The molecule has 3 aromatic rings. The van der Waals surface area contributed by atoms with Crippen molar-refractivity contribution in [2.45, 2.75) is 6.92 Å². The van der Waals surface area contributed by atoms with Crippen LogP contribution in [0.2, 0.25) is 10.0 Å². The molecule has 0 heterocycles. The van der Waals surface area contributed by atoms with Crippen molar-refractivity contribution in [1.29, 1.82) is 0 Å². The van der Waals surface area contributed by atoms with Gasteiger partial charge in [0.05, 0.1) is 23.5 Å². The van der Waals surface area contributed by atoms with Crippen LogP contribution in [0.15, 0.2) is 60.7 Å². The molecule has 0 bridgehead atoms. The fraction of sp³-hybridized carbons (Fsp3) is 0.0909. The highest BCUT2D eigenvalue weighted by molar-refractivity contribution is 6.34. The summed E-state index contributed by atoms with van der Waals surface area (Å²) in [4.78, 5) is 25.0. The molecule has 2 amide bonds. The highest BCUT2D eigenvalue weighted by Gasteiger charge is 2.15. The fourth-order valence-corrected chi connectivity index (χ4v) is 3.03. The zero-order valence-corrected chi connectivity index (χ0v) is 17.3. The number of hydrogen-bond donors (Lipinski definition) is 2. The van der Waals surface area contributed by atoms with Crippen molar-refractivity contribution in [2.75, 3.05) is 17.7 Å². The van der Waals surface area contributed by atoms with Crippen molar-refractivity contribution < 1.29 is 14.3 Å². The Morgan fingerprint density at radius 3 is 2.14 bits per heavy atom. The molecular weight excluding hydrogens is 411 g/mol. The van der Waals surface area contributed by atoms with E-state index in [1.165, 1.54) is 13.2 Å². The monoisotopic (exact) mass is 428 g/mol. The highest BCUT2D eigenvalue weighted by Crippen LogP contribution is 2.35. The number of rotatable bonds is 5. The summed E-state index contributed by atoms with van der Waals surface area (Å²) in [5.41, 5.74) is 2.68. The Morgan fingerprint density at radius 2 is 1.48 bits per heavy atom. The number of halogens is 2. The topological polar surface area (TPSA) is 67.4 Å². The molecule has 0 radical (unpaired) electrons. The van der Waals surface area contributed by atoms with E-state index in [2.05, 4.69) is 10.6 Å². The molecule has 0 unspecified atom stereocenters. The van der Waals surface area contributed by atoms with Crippen LogP contribution in [0.5, 0.6) is 5.75 Å². The number of nitrogens with one attached hydrogen (secondary N) is 2. The molecule has 7 heteroatoms. The van der Waals surface area contributed by atoms with Crippen LogP contribution < -0.4 is 15.4 Å². The standard InChI is InChI=1S/C22H18Cl2N2O3/c1-13-4-3-5-15(10-13)22(28)25-18-12-20(29-2)19(11-17(18)24)26-21(27)14-6-8-16(23)9-7-14/h3-12H,1-2H3,(H,25,28)(H,26,27). The lowest BCUT2D eigenvalue weighted by Gasteiger charge is -2.14. The van der Waals surface area contributed by atoms with Gasteiger partial charge in [-0.3, -0.25) is 9.59 Å². The van der Waals surface area contributed by atoms with Gasteiger partial charge in [0.25, 0.3) is 11.8 Å². The van der Waals surface area contributed by atoms with Gasteiger partial charge in [-0.25, -0.2) is 0 Å². The molecule has 29 heavy (non-hydrogen) atoms. The Balaban J connectivity index is 1.82. The Morgan fingerprint density at radius 1 is 0.828 bits per heavy atom. The van der Waals surface area contributed by atoms with Gasteiger partial charge in [-0.2, -0.15) is 0 Å². The van der Waals surface area contributed by atoms with E-state index in [-0.39, 0.29) is 16.8 Å². The quantitative estimate of drug-likeness (QED) is 0.538. The molecule has 5 nitrogen and oxygen atoms in total. The third-order valence-electron chi connectivity index (χ3n) is 4.17. The smallest absolute Gasteiger partial charge is 0.255 e. The Bertz CT molecular complexity index is 1070. The van der Waals surface area contributed by atoms with Gasteiger partial charge in [-0.1, -0.05) is 40.9 Å². The van der Waals surface area contributed by atoms with Crippen LogP contribution in [0.1, 0.15) is 26.3 Å². The molecule has 3 aromatic carbocycles. The minimum Gasteiger partial charge on any atom is -0.494 e. The summed E-state index contributed by atoms with van der Waals surface area (Å²) in [6.07, 6.45) is 0. The van der Waals surface area contributed by atoms with E-state index in [4.69, 9.17) is 27.9 Å². The lowest BCUT2D eigenvalue weighted by Crippen LogP contribution is -2.14. The predicted octanol–water partition coefficient (Wildman–Crippen LogP) is 5.82. The SMILES string of the molecule is COc1cc(NC(=O)c2cccc(C)c2)c(Cl)cc1NC(=O)c1ccc(Cl)cc1. The number of benzene rings is 3. The molecule has 0 aliphatic heterocycles. The third kappa shape index (κ3) is 5.08. The number of carbonyl (C=O) groups is 2. The maximum absolute atomic E-state index is 12.5. The summed E-state index contributed by atoms with van der Waals surface area (Å²) in [7, 11) is 1.47. The van der Waals surface area contributed by atoms with Crippen LogP contribution in [0.25, 0.3) is 0 Å². The van der Waals surface area contributed by atoms with Gasteiger partial charge in [-0.05, 0) is 49.4 Å². The number of methoxy groups -OCH3 is 1. The van der Waals surface area contributed by atoms with Gasteiger partial charge in [0.1, 0.15) is 5.75 Å². The summed E-state index contributed by atoms with van der Waals surface area (Å²) in [5, 5.41) is 6.32. The van der Waals surface area contributed by atoms with Crippen LogP contribution in [-0.2, 0) is 0 Å². The number of hydrogen-bond acceptors (Lipinski definition) is 3. The molecular formula is C22H18Cl2N2O3. The number of aryl methyl sites for hydroxylation is 1. The zero-order chi connectivity index (χ0) is 21.0. The van der Waals surface area contributed by atoms with Crippen molar-refractivity contribution in [3.63, 3.8) is 0 Å². The second-order valence-corrected chi connectivity index (χ2v) is 7.16. The van der Waals surface area contributed by atoms with E-state index in [0.717, 1.165) is 5.56 Å². The van der Waals surface area contributed by atoms with Gasteiger partial charge in [0.2, 0.25) is 0 Å². The second kappa shape index (κ2) is 8.99. The predicted molar refractivity (Wildman–Crippen MR) is 117 cm³/mol. The highest BCUT2D eigenvalue weighted by atomic mass is 35.5. The van der Waals surface area contributed by atoms with Gasteiger partial charge in [0.15, 0.2) is 0 Å². The number of ether oxygens (including phenoxy) is 1. The van der Waals surface area contributed by atoms with Crippen molar-refractivity contribution in [3.8, 4) is 5.75 Å². The van der Waals surface area contributed by atoms with Crippen molar-refractivity contribution in [1.82, 2.24) is 0 Å². The first-order valence-corrected chi connectivity index (χ1v) is 9.45. The van der Waals surface area contributed by atoms with E-state index in [0.29, 0.717) is 33.3 Å². The van der Waals surface area contributed by atoms with E-state index < -0.39 is 0 Å². The summed E-state index contributed by atoms with van der Waals surface area (Å²) < 4.78 is 5.36. The van der Waals surface area contributed by atoms with Crippen LogP contribution >= 0.6 is 23.2 Å². The molecule has 0 aliphatic rings. The van der Waals surface area contributed by atoms with E-state index >= 15 is 0 Å². The maximum Gasteiger partial charge on any atom is 0.255 e. The van der Waals surface area contributed by atoms with Crippen LogP contribution in [0, 0.1) is 6.92 Å². The number of amides is 2. The lowest BCUT2D eigenvalue weighted by molar-refractivity contribution is 0.101. The molecule has 2 N–H and O–H groups in total. The normalized spacial score (nSPS) is 10.3. The minimum atomic E-state index is -0.340. The summed E-state index contributed by atoms with van der Waals surface area (Å²) in [5.74, 6) is -0.278. The summed E-state index contributed by atoms with van der Waals surface area (Å²) in [6.45, 7) is 1.91. The lowest BCUT2D eigenvalue weighted by atomic mass is 10.1. The van der Waals surface area contributed by atoms with E-state index in [1.807, 2.05) is 19.1 Å². The molecule has 0 fully saturated rings. The molecule has 0 aromatic heterocycles. The van der Waals surface area contributed by atoms with E-state index in [9.17, 15) is 9.59 Å². The van der Waals surface area contributed by atoms with Crippen molar-refractivity contribution in [3.05, 3.63) is 87.4 Å². The van der Waals surface area contributed by atoms with Gasteiger partial charge >= 0.3 is 0 Å². The first kappa shape index (κ1) is 20.7. The van der Waals surface area contributed by atoms with Gasteiger partial charge < -0.3 is 15.4 Å². The van der Waals surface area contributed by atoms with Crippen molar-refractivity contribution in [2.24, 2.45) is 0 Å². The van der Waals surface area contributed by atoms with Crippen LogP contribution in [0.3, 0.4) is 0 Å². The molecule has 0 aliphatic carbocycles. The van der Waals surface area contributed by atoms with Crippen LogP contribution in [-0.4, -0.2) is 18.9 Å². The third-order valence-corrected chi connectivity index (χ3v) is 4.74. The molecule has 0 saturated carbocycles. The van der Waals surface area contributed by atoms with Gasteiger partial charge in [-0.15, -0.1) is 0 Å². The van der Waals surface area contributed by atoms with E-state index in [1.54, 1.807) is 42.5 Å². The molecule has 0 spiro atoms. The zero-order valence-electron chi connectivity index (χ0n) is 15.8. The fourth-order valence-electron chi connectivity index (χ4n) is 2.69. The Labute approximate surface area is 178 Å². The first-order valence-electron chi connectivity index (χ1n) is 8.70. The molecule has 0 atom stereocenters. The molecule has 0 saturated heterocycles. The molecule has 3 rings (SSSR count). The van der Waals surface area contributed by atoms with Crippen molar-refractivity contribution >= 4 is 46.4 Å². The minimum absolute atomic E-state index is 0.262. The van der Waals surface area contributed by atoms with Crippen LogP contribution in [0.4, 0.5) is 11.4 Å². The summed E-state index contributed by atoms with van der Waals surface area (Å²) >= 11 is 12.2. The Kier molecular flexibility index (Phi) is 6.42. The average molecular weight is 429 g/mol. The second-order valence-electron chi connectivity index (χ2n) is 6.32. The largest absolute Gasteiger partial charge is 0.494 e. The Hall–Kier alpha value is -3.02. The summed E-state index contributed by atoms with van der Waals surface area (Å²) in [6, 6.07) is 16.8. The number of carbonyl (C=O) groups excluding carboxylic acids is 2. The average Bonchev–Trinajstić information content (AvgIpc) is 2.70. The molecule has 148 valence electrons. The first-order chi connectivity index (χ1) is 13.9. The maximum atomic E-state index is 12.5.